The Balaban J connectivity index is 1.14. The quantitative estimate of drug-likeness (QED) is 0.0717. The Morgan fingerprint density at radius 3 is 1.43 bits per heavy atom. The molecule has 2 unspecified atom stereocenters. The minimum atomic E-state index is -0.887. The zero-order valence-corrected chi connectivity index (χ0v) is 35.9. The van der Waals surface area contributed by atoms with Crippen molar-refractivity contribution in [2.24, 2.45) is 0 Å². The van der Waals surface area contributed by atoms with Crippen molar-refractivity contribution in [3.63, 3.8) is 0 Å². The second kappa shape index (κ2) is 15.8. The van der Waals surface area contributed by atoms with Gasteiger partial charge in [-0.25, -0.2) is 0 Å². The Morgan fingerprint density at radius 2 is 0.824 bits per heavy atom. The molecule has 0 saturated heterocycles. The zero-order valence-electron chi connectivity index (χ0n) is 35.9. The van der Waals surface area contributed by atoms with E-state index in [-0.39, 0.29) is 69.7 Å². The Morgan fingerprint density at radius 1 is 0.324 bits per heavy atom. The average molecular weight is 909 g/mol. The highest BCUT2D eigenvalue weighted by atomic mass is 16.5. The molecule has 7 atom stereocenters. The predicted octanol–water partition coefficient (Wildman–Crippen LogP) is 10.2. The summed E-state index contributed by atoms with van der Waals surface area (Å²) in [6.07, 6.45) is -0.520. The van der Waals surface area contributed by atoms with Gasteiger partial charge >= 0.3 is 0 Å². The van der Waals surface area contributed by atoms with Crippen molar-refractivity contribution in [1.82, 2.24) is 0 Å². The van der Waals surface area contributed by atoms with E-state index in [0.29, 0.717) is 66.9 Å². The topological polar surface area (TPSA) is 232 Å². The summed E-state index contributed by atoms with van der Waals surface area (Å²) in [7, 11) is 0. The van der Waals surface area contributed by atoms with Crippen LogP contribution in [-0.2, 0) is 6.42 Å². The fourth-order valence-corrected chi connectivity index (χ4v) is 11.6. The van der Waals surface area contributed by atoms with Gasteiger partial charge in [-0.2, -0.15) is 0 Å². The zero-order chi connectivity index (χ0) is 47.3. The summed E-state index contributed by atoms with van der Waals surface area (Å²) < 4.78 is 6.70. The molecule has 8 aromatic carbocycles. The van der Waals surface area contributed by atoms with Crippen LogP contribution in [0.1, 0.15) is 108 Å². The standard InChI is InChI=1S/C56H44O12/c57-31-8-2-27(3-9-31)48-39(40-20-36(62)23-45(66)52(40)50(48)30-17-34(60)19-35(61)18-30)15-26-1-14-44(65)41(16-26)51-42-22-38(64)25-47-54(42)55(56(68-47)29-6-12-33(59)13-7-29)43-21-37(63)24-46(67)53(43)49(51)28-4-10-32(58)11-5-28/h1-14,16-25,39,48-51,55-67H,15H2/t39?,48-,49+,50+,51-,55?,56+/m0/s1. The summed E-state index contributed by atoms with van der Waals surface area (Å²) in [6.45, 7) is 0. The number of hydrogen-bond acceptors (Lipinski definition) is 12. The van der Waals surface area contributed by atoms with Crippen molar-refractivity contribution in [2.75, 3.05) is 0 Å². The summed E-state index contributed by atoms with van der Waals surface area (Å²) in [6, 6.07) is 38.0. The minimum Gasteiger partial charge on any atom is -0.508 e. The van der Waals surface area contributed by atoms with E-state index >= 15 is 0 Å². The van der Waals surface area contributed by atoms with Crippen LogP contribution < -0.4 is 4.74 Å². The molecule has 12 heteroatoms. The first-order valence-electron chi connectivity index (χ1n) is 22.1. The fraction of sp³-hybridized carbons (Fsp3) is 0.143. The van der Waals surface area contributed by atoms with E-state index in [9.17, 15) is 56.2 Å². The van der Waals surface area contributed by atoms with Gasteiger partial charge in [0, 0.05) is 70.2 Å². The molecule has 0 radical (unpaired) electrons. The second-order valence-electron chi connectivity index (χ2n) is 18.1. The molecule has 2 aliphatic carbocycles. The monoisotopic (exact) mass is 908 g/mol. The van der Waals surface area contributed by atoms with Gasteiger partial charge in [0.25, 0.3) is 0 Å². The number of phenolic OH excluding ortho intramolecular Hbond substituents is 11. The van der Waals surface area contributed by atoms with Crippen LogP contribution in [0.2, 0.25) is 0 Å². The molecule has 0 aromatic heterocycles. The number of rotatable bonds is 7. The first-order chi connectivity index (χ1) is 32.7. The number of hydrogen-bond donors (Lipinski definition) is 11. The second-order valence-corrected chi connectivity index (χ2v) is 18.1. The smallest absolute Gasteiger partial charge is 0.135 e. The van der Waals surface area contributed by atoms with Crippen LogP contribution in [0.3, 0.4) is 0 Å². The molecule has 340 valence electrons. The van der Waals surface area contributed by atoms with Crippen molar-refractivity contribution >= 4 is 0 Å². The molecule has 0 spiro atoms. The number of fused-ring (bicyclic) bond motifs is 3. The van der Waals surface area contributed by atoms with Gasteiger partial charge in [-0.3, -0.25) is 0 Å². The summed E-state index contributed by atoms with van der Waals surface area (Å²) in [5.41, 5.74) is 6.85. The van der Waals surface area contributed by atoms with E-state index < -0.39 is 41.6 Å². The molecule has 0 saturated carbocycles. The normalized spacial score (nSPS) is 21.0. The predicted molar refractivity (Wildman–Crippen MR) is 250 cm³/mol. The first kappa shape index (κ1) is 42.0. The Bertz CT molecular complexity index is 3270. The third kappa shape index (κ3) is 6.91. The number of aromatic hydroxyl groups is 11. The van der Waals surface area contributed by atoms with E-state index in [0.717, 1.165) is 5.56 Å². The van der Waals surface area contributed by atoms with Crippen LogP contribution >= 0.6 is 0 Å². The third-order valence-electron chi connectivity index (χ3n) is 14.1. The van der Waals surface area contributed by atoms with Crippen molar-refractivity contribution < 1.29 is 60.9 Å². The molecule has 68 heavy (non-hydrogen) atoms. The Labute approximate surface area is 389 Å². The van der Waals surface area contributed by atoms with E-state index in [1.165, 1.54) is 60.7 Å². The maximum Gasteiger partial charge on any atom is 0.135 e. The molecule has 0 fully saturated rings. The lowest BCUT2D eigenvalue weighted by Crippen LogP contribution is -2.17. The van der Waals surface area contributed by atoms with Crippen molar-refractivity contribution in [3.8, 4) is 69.0 Å². The molecule has 11 N–H and O–H groups in total. The average Bonchev–Trinajstić information content (AvgIpc) is 3.79. The SMILES string of the molecule is Oc1ccc([C@H]2c3c(O)cc(O)cc3C3c4c(cc(O)cc4[C@@H]2c2cc(CC4c5cc(O)cc(O)c5[C@H](c5cc(O)cc(O)c5)[C@H]4c4ccc(O)cc4)ccc2O)O[C@@H]3c2ccc(O)cc2)cc1. The maximum atomic E-state index is 12.2. The van der Waals surface area contributed by atoms with Crippen LogP contribution in [-0.4, -0.2) is 56.2 Å². The Hall–Kier alpha value is -8.64. The highest BCUT2D eigenvalue weighted by molar-refractivity contribution is 5.69. The van der Waals surface area contributed by atoms with Crippen molar-refractivity contribution in [3.05, 3.63) is 212 Å². The highest BCUT2D eigenvalue weighted by Crippen LogP contribution is 2.64. The lowest BCUT2D eigenvalue weighted by Gasteiger charge is -2.31. The van der Waals surface area contributed by atoms with E-state index in [4.69, 9.17) is 4.74 Å². The molecule has 12 nitrogen and oxygen atoms in total. The van der Waals surface area contributed by atoms with Gasteiger partial charge in [0.15, 0.2) is 0 Å². The van der Waals surface area contributed by atoms with Crippen LogP contribution in [0.5, 0.6) is 69.0 Å². The first-order valence-corrected chi connectivity index (χ1v) is 22.1. The third-order valence-corrected chi connectivity index (χ3v) is 14.1. The Kier molecular flexibility index (Phi) is 9.74. The molecule has 11 rings (SSSR count). The molecule has 8 aromatic rings. The maximum absolute atomic E-state index is 12.2. The molecular weight excluding hydrogens is 865 g/mol. The van der Waals surface area contributed by atoms with Gasteiger partial charge in [-0.15, -0.1) is 0 Å². The van der Waals surface area contributed by atoms with Crippen molar-refractivity contribution in [2.45, 2.75) is 48.0 Å². The lowest BCUT2D eigenvalue weighted by molar-refractivity contribution is 0.221. The van der Waals surface area contributed by atoms with Gasteiger partial charge in [0.2, 0.25) is 0 Å². The van der Waals surface area contributed by atoms with Crippen LogP contribution in [0.15, 0.2) is 146 Å². The van der Waals surface area contributed by atoms with Crippen molar-refractivity contribution in [1.29, 1.82) is 0 Å². The minimum absolute atomic E-state index is 0.00429. The van der Waals surface area contributed by atoms with Crippen LogP contribution in [0.4, 0.5) is 0 Å². The van der Waals surface area contributed by atoms with Gasteiger partial charge < -0.3 is 60.9 Å². The molecule has 0 bridgehead atoms. The summed E-state index contributed by atoms with van der Waals surface area (Å²) in [5, 5.41) is 122. The van der Waals surface area contributed by atoms with E-state index in [1.807, 2.05) is 6.07 Å². The summed E-state index contributed by atoms with van der Waals surface area (Å²) in [5.74, 6) is -5.13. The highest BCUT2D eigenvalue weighted by Gasteiger charge is 2.49. The lowest BCUT2D eigenvalue weighted by atomic mass is 9.72. The van der Waals surface area contributed by atoms with Crippen LogP contribution in [0, 0.1) is 0 Å². The summed E-state index contributed by atoms with van der Waals surface area (Å²) in [4.78, 5) is 0. The molecule has 1 aliphatic heterocycles. The summed E-state index contributed by atoms with van der Waals surface area (Å²) >= 11 is 0. The van der Waals surface area contributed by atoms with E-state index in [2.05, 4.69) is 0 Å². The molecule has 1 heterocycles. The number of benzene rings is 8. The molecular formula is C56H44O12. The van der Waals surface area contributed by atoms with Crippen LogP contribution in [0.25, 0.3) is 0 Å². The fourth-order valence-electron chi connectivity index (χ4n) is 11.6. The van der Waals surface area contributed by atoms with Gasteiger partial charge in [-0.05, 0) is 130 Å². The largest absolute Gasteiger partial charge is 0.508 e. The van der Waals surface area contributed by atoms with E-state index in [1.54, 1.807) is 78.9 Å². The molecule has 0 amide bonds. The number of ether oxygens (including phenoxy) is 1. The number of phenols is 11. The van der Waals surface area contributed by atoms with Gasteiger partial charge in [-0.1, -0.05) is 48.5 Å². The molecule has 3 aliphatic rings. The van der Waals surface area contributed by atoms with Gasteiger partial charge in [0.1, 0.15) is 75.1 Å². The van der Waals surface area contributed by atoms with Gasteiger partial charge in [0.05, 0.1) is 5.92 Å².